The highest BCUT2D eigenvalue weighted by Crippen LogP contribution is 2.22. The Balaban J connectivity index is 1.61. The molecule has 0 fully saturated rings. The zero-order chi connectivity index (χ0) is 17.8. The maximum Gasteiger partial charge on any atom is 0.251 e. The number of hydrogen-bond acceptors (Lipinski definition) is 3. The third kappa shape index (κ3) is 4.25. The third-order valence-corrected chi connectivity index (χ3v) is 3.99. The van der Waals surface area contributed by atoms with Gasteiger partial charge in [0, 0.05) is 29.1 Å². The van der Waals surface area contributed by atoms with E-state index in [0.29, 0.717) is 40.8 Å². The van der Waals surface area contributed by atoms with E-state index in [4.69, 9.17) is 16.0 Å². The molecule has 0 bridgehead atoms. The van der Waals surface area contributed by atoms with Gasteiger partial charge in [-0.05, 0) is 55.5 Å². The Labute approximate surface area is 149 Å². The Hall–Kier alpha value is -2.66. The van der Waals surface area contributed by atoms with Crippen LogP contribution in [0.2, 0.25) is 5.02 Å². The minimum Gasteiger partial charge on any atom is -0.441 e. The minimum atomic E-state index is -0.308. The van der Waals surface area contributed by atoms with Crippen LogP contribution in [-0.4, -0.2) is 17.4 Å². The number of benzene rings is 2. The van der Waals surface area contributed by atoms with Crippen LogP contribution in [0.3, 0.4) is 0 Å². The molecule has 0 spiro atoms. The van der Waals surface area contributed by atoms with Crippen molar-refractivity contribution >= 4 is 17.5 Å². The zero-order valence-electron chi connectivity index (χ0n) is 13.6. The van der Waals surface area contributed by atoms with Crippen molar-refractivity contribution in [2.45, 2.75) is 13.3 Å². The van der Waals surface area contributed by atoms with Crippen molar-refractivity contribution < 1.29 is 13.6 Å². The molecule has 0 atom stereocenters. The molecule has 3 rings (SSSR count). The molecule has 2 aromatic carbocycles. The number of amides is 1. The molecule has 4 nitrogen and oxygen atoms in total. The van der Waals surface area contributed by atoms with E-state index in [1.807, 2.05) is 6.92 Å². The number of aryl methyl sites for hydroxylation is 1. The Morgan fingerprint density at radius 1 is 1.16 bits per heavy atom. The first-order valence-electron chi connectivity index (χ1n) is 7.79. The number of carbonyl (C=O) groups excluding carboxylic acids is 1. The van der Waals surface area contributed by atoms with Crippen molar-refractivity contribution in [1.82, 2.24) is 10.3 Å². The van der Waals surface area contributed by atoms with Crippen LogP contribution in [0.15, 0.2) is 52.9 Å². The van der Waals surface area contributed by atoms with Crippen molar-refractivity contribution in [3.63, 3.8) is 0 Å². The number of nitrogens with one attached hydrogen (secondary N) is 1. The van der Waals surface area contributed by atoms with Crippen molar-refractivity contribution in [3.05, 3.63) is 76.4 Å². The molecule has 25 heavy (non-hydrogen) atoms. The van der Waals surface area contributed by atoms with Crippen molar-refractivity contribution in [1.29, 1.82) is 0 Å². The number of aromatic nitrogens is 1. The van der Waals surface area contributed by atoms with Gasteiger partial charge >= 0.3 is 0 Å². The zero-order valence-corrected chi connectivity index (χ0v) is 14.3. The minimum absolute atomic E-state index is 0.170. The molecule has 1 amide bonds. The highest BCUT2D eigenvalue weighted by atomic mass is 35.5. The quantitative estimate of drug-likeness (QED) is 0.734. The number of oxazole rings is 1. The summed E-state index contributed by atoms with van der Waals surface area (Å²) in [6.45, 7) is 2.24. The first-order chi connectivity index (χ1) is 12.0. The second-order valence-corrected chi connectivity index (χ2v) is 5.98. The summed E-state index contributed by atoms with van der Waals surface area (Å²) in [6.07, 6.45) is 0.538. The number of halogens is 2. The highest BCUT2D eigenvalue weighted by Gasteiger charge is 2.12. The molecule has 0 unspecified atom stereocenters. The largest absolute Gasteiger partial charge is 0.441 e. The number of rotatable bonds is 5. The highest BCUT2D eigenvalue weighted by molar-refractivity contribution is 6.30. The van der Waals surface area contributed by atoms with Gasteiger partial charge in [0.2, 0.25) is 5.89 Å². The van der Waals surface area contributed by atoms with Crippen molar-refractivity contribution in [2.75, 3.05) is 6.54 Å². The average molecular weight is 359 g/mol. The molecule has 0 aliphatic rings. The molecule has 0 saturated heterocycles. The van der Waals surface area contributed by atoms with Gasteiger partial charge in [-0.15, -0.1) is 0 Å². The molecule has 1 N–H and O–H groups in total. The van der Waals surface area contributed by atoms with E-state index in [1.165, 1.54) is 12.1 Å². The van der Waals surface area contributed by atoms with Crippen LogP contribution in [0.1, 0.15) is 21.8 Å². The van der Waals surface area contributed by atoms with Crippen LogP contribution in [0, 0.1) is 12.7 Å². The molecule has 0 aliphatic carbocycles. The van der Waals surface area contributed by atoms with Gasteiger partial charge in [0.25, 0.3) is 5.91 Å². The van der Waals surface area contributed by atoms with E-state index >= 15 is 0 Å². The Bertz CT molecular complexity index is 873. The first-order valence-corrected chi connectivity index (χ1v) is 8.17. The summed E-state index contributed by atoms with van der Waals surface area (Å²) in [7, 11) is 0. The Kier molecular flexibility index (Phi) is 5.14. The molecule has 128 valence electrons. The second kappa shape index (κ2) is 7.49. The molecule has 0 radical (unpaired) electrons. The van der Waals surface area contributed by atoms with Crippen molar-refractivity contribution in [3.8, 4) is 11.5 Å². The van der Waals surface area contributed by atoms with Crippen LogP contribution in [0.25, 0.3) is 11.5 Å². The van der Waals surface area contributed by atoms with Crippen LogP contribution < -0.4 is 5.32 Å². The first kappa shape index (κ1) is 17.2. The van der Waals surface area contributed by atoms with E-state index in [1.54, 1.807) is 36.4 Å². The summed E-state index contributed by atoms with van der Waals surface area (Å²) < 4.78 is 18.6. The summed E-state index contributed by atoms with van der Waals surface area (Å²) in [5.41, 5.74) is 2.02. The molecule has 0 aliphatic heterocycles. The smallest absolute Gasteiger partial charge is 0.251 e. The van der Waals surface area contributed by atoms with E-state index in [9.17, 15) is 9.18 Å². The van der Waals surface area contributed by atoms with Gasteiger partial charge in [-0.25, -0.2) is 9.37 Å². The summed E-state index contributed by atoms with van der Waals surface area (Å²) in [5.74, 6) is 0.644. The summed E-state index contributed by atoms with van der Waals surface area (Å²) in [5, 5.41) is 3.42. The van der Waals surface area contributed by atoms with Gasteiger partial charge in [0.15, 0.2) is 0 Å². The summed E-state index contributed by atoms with van der Waals surface area (Å²) in [4.78, 5) is 16.5. The van der Waals surface area contributed by atoms with Crippen LogP contribution in [0.4, 0.5) is 4.39 Å². The third-order valence-electron chi connectivity index (χ3n) is 3.74. The lowest BCUT2D eigenvalue weighted by Crippen LogP contribution is -2.25. The fourth-order valence-corrected chi connectivity index (χ4v) is 2.50. The van der Waals surface area contributed by atoms with E-state index in [2.05, 4.69) is 10.3 Å². The van der Waals surface area contributed by atoms with Crippen LogP contribution in [-0.2, 0) is 6.42 Å². The maximum atomic E-state index is 13.0. The average Bonchev–Trinajstić information content (AvgIpc) is 2.97. The van der Waals surface area contributed by atoms with Gasteiger partial charge in [-0.2, -0.15) is 0 Å². The van der Waals surface area contributed by atoms with E-state index < -0.39 is 0 Å². The predicted molar refractivity (Wildman–Crippen MR) is 94.1 cm³/mol. The lowest BCUT2D eigenvalue weighted by molar-refractivity contribution is 0.0954. The molecular formula is C19H16ClFN2O2. The maximum absolute atomic E-state index is 13.0. The number of hydrogen-bond donors (Lipinski definition) is 1. The fourth-order valence-electron chi connectivity index (χ4n) is 2.37. The predicted octanol–water partition coefficient (Wildman–Crippen LogP) is 4.42. The number of nitrogens with zero attached hydrogens (tertiary/aromatic N) is 1. The molecular weight excluding hydrogens is 343 g/mol. The van der Waals surface area contributed by atoms with E-state index in [-0.39, 0.29) is 11.7 Å². The van der Waals surface area contributed by atoms with Crippen LogP contribution >= 0.6 is 11.6 Å². The summed E-state index contributed by atoms with van der Waals surface area (Å²) >= 11 is 5.81. The summed E-state index contributed by atoms with van der Waals surface area (Å²) in [6, 6.07) is 12.7. The normalized spacial score (nSPS) is 10.7. The molecule has 1 aromatic heterocycles. The SMILES string of the molecule is Cc1oc(-c2ccc(F)cc2)nc1CCNC(=O)c1ccc(Cl)cc1. The standard InChI is InChI=1S/C19H16ClFN2O2/c1-12-17(23-19(25-12)14-4-8-16(21)9-5-14)10-11-22-18(24)13-2-6-15(20)7-3-13/h2-9H,10-11H2,1H3,(H,22,24). The van der Waals surface area contributed by atoms with Gasteiger partial charge in [0.1, 0.15) is 11.6 Å². The topological polar surface area (TPSA) is 55.1 Å². The van der Waals surface area contributed by atoms with Crippen LogP contribution in [0.5, 0.6) is 0 Å². The molecule has 6 heteroatoms. The molecule has 0 saturated carbocycles. The Morgan fingerprint density at radius 3 is 2.52 bits per heavy atom. The fraction of sp³-hybridized carbons (Fsp3) is 0.158. The lowest BCUT2D eigenvalue weighted by atomic mass is 10.2. The number of carbonyl (C=O) groups is 1. The molecule has 3 aromatic rings. The van der Waals surface area contributed by atoms with Gasteiger partial charge < -0.3 is 9.73 Å². The van der Waals surface area contributed by atoms with Gasteiger partial charge in [-0.3, -0.25) is 4.79 Å². The molecule has 1 heterocycles. The van der Waals surface area contributed by atoms with E-state index in [0.717, 1.165) is 5.69 Å². The van der Waals surface area contributed by atoms with Gasteiger partial charge in [-0.1, -0.05) is 11.6 Å². The van der Waals surface area contributed by atoms with Gasteiger partial charge in [0.05, 0.1) is 5.69 Å². The van der Waals surface area contributed by atoms with Crippen molar-refractivity contribution in [2.24, 2.45) is 0 Å². The Morgan fingerprint density at radius 2 is 1.84 bits per heavy atom. The lowest BCUT2D eigenvalue weighted by Gasteiger charge is -2.04. The second-order valence-electron chi connectivity index (χ2n) is 5.54. The monoisotopic (exact) mass is 358 g/mol.